The molecule has 0 aliphatic heterocycles. The molecular formula is C19H25ClN2O4S. The molecule has 0 aliphatic rings. The van der Waals surface area contributed by atoms with E-state index in [1.165, 1.54) is 12.1 Å². The first-order chi connectivity index (χ1) is 12.3. The monoisotopic (exact) mass is 412 g/mol. The van der Waals surface area contributed by atoms with Crippen LogP contribution in [0.25, 0.3) is 0 Å². The quantitative estimate of drug-likeness (QED) is 0.672. The molecule has 1 atom stereocenters. The molecule has 0 saturated carbocycles. The lowest BCUT2D eigenvalue weighted by atomic mass is 10.1. The first-order valence-electron chi connectivity index (χ1n) is 8.27. The van der Waals surface area contributed by atoms with Gasteiger partial charge in [0.05, 0.1) is 11.5 Å². The van der Waals surface area contributed by atoms with Crippen LogP contribution < -0.4 is 10.5 Å². The van der Waals surface area contributed by atoms with E-state index >= 15 is 0 Å². The minimum atomic E-state index is -3.21. The summed E-state index contributed by atoms with van der Waals surface area (Å²) in [7, 11) is -1.49. The number of hydrogen-bond donors (Lipinski definition) is 1. The lowest BCUT2D eigenvalue weighted by Gasteiger charge is -2.21. The van der Waals surface area contributed by atoms with Gasteiger partial charge in [-0.25, -0.2) is 8.42 Å². The third-order valence-corrected chi connectivity index (χ3v) is 5.09. The SMILES string of the molecule is CN(CCCOc1ccc(S(C)(=O)=O)cc1)C(=O)C(N)c1ccccc1.Cl. The molecule has 148 valence electrons. The van der Waals surface area contributed by atoms with Gasteiger partial charge in [0.2, 0.25) is 5.91 Å². The highest BCUT2D eigenvalue weighted by Crippen LogP contribution is 2.16. The van der Waals surface area contributed by atoms with Gasteiger partial charge in [0.15, 0.2) is 9.84 Å². The Morgan fingerprint density at radius 3 is 2.26 bits per heavy atom. The topological polar surface area (TPSA) is 89.7 Å². The first-order valence-corrected chi connectivity index (χ1v) is 10.2. The number of sulfone groups is 1. The van der Waals surface area contributed by atoms with Crippen molar-refractivity contribution in [2.24, 2.45) is 5.73 Å². The number of nitrogens with zero attached hydrogens (tertiary/aromatic N) is 1. The number of benzene rings is 2. The average molecular weight is 413 g/mol. The van der Waals surface area contributed by atoms with Gasteiger partial charge in [0.25, 0.3) is 0 Å². The van der Waals surface area contributed by atoms with Gasteiger partial charge in [-0.2, -0.15) is 0 Å². The molecule has 0 radical (unpaired) electrons. The Balaban J connectivity index is 0.00000364. The summed E-state index contributed by atoms with van der Waals surface area (Å²) in [6.07, 6.45) is 1.80. The number of halogens is 1. The van der Waals surface area contributed by atoms with Crippen LogP contribution in [0.2, 0.25) is 0 Å². The van der Waals surface area contributed by atoms with E-state index in [0.29, 0.717) is 25.3 Å². The summed E-state index contributed by atoms with van der Waals surface area (Å²) in [5.41, 5.74) is 6.80. The van der Waals surface area contributed by atoms with Crippen LogP contribution >= 0.6 is 12.4 Å². The zero-order valence-electron chi connectivity index (χ0n) is 15.4. The van der Waals surface area contributed by atoms with Crippen molar-refractivity contribution >= 4 is 28.2 Å². The molecule has 6 nitrogen and oxygen atoms in total. The van der Waals surface area contributed by atoms with Crippen LogP contribution in [0.4, 0.5) is 0 Å². The van der Waals surface area contributed by atoms with Gasteiger partial charge in [-0.15, -0.1) is 12.4 Å². The van der Waals surface area contributed by atoms with Gasteiger partial charge in [-0.05, 0) is 36.2 Å². The third-order valence-electron chi connectivity index (χ3n) is 3.96. The summed E-state index contributed by atoms with van der Waals surface area (Å²) >= 11 is 0. The largest absolute Gasteiger partial charge is 0.494 e. The lowest BCUT2D eigenvalue weighted by Crippen LogP contribution is -2.36. The fraction of sp³-hybridized carbons (Fsp3) is 0.316. The van der Waals surface area contributed by atoms with E-state index in [1.807, 2.05) is 30.3 Å². The Bertz CT molecular complexity index is 827. The van der Waals surface area contributed by atoms with Gasteiger partial charge in [0, 0.05) is 19.8 Å². The maximum absolute atomic E-state index is 12.3. The molecule has 0 aliphatic carbocycles. The van der Waals surface area contributed by atoms with Gasteiger partial charge in [0.1, 0.15) is 11.8 Å². The van der Waals surface area contributed by atoms with Crippen molar-refractivity contribution in [1.82, 2.24) is 4.90 Å². The Hall–Kier alpha value is -2.09. The highest BCUT2D eigenvalue weighted by atomic mass is 35.5. The summed E-state index contributed by atoms with van der Waals surface area (Å²) in [5.74, 6) is 0.445. The number of amides is 1. The van der Waals surface area contributed by atoms with E-state index in [9.17, 15) is 13.2 Å². The van der Waals surface area contributed by atoms with E-state index in [2.05, 4.69) is 0 Å². The first kappa shape index (κ1) is 23.0. The van der Waals surface area contributed by atoms with E-state index in [1.54, 1.807) is 24.1 Å². The number of carbonyl (C=O) groups excluding carboxylic acids is 1. The van der Waals surface area contributed by atoms with Crippen molar-refractivity contribution in [1.29, 1.82) is 0 Å². The molecule has 2 N–H and O–H groups in total. The van der Waals surface area contributed by atoms with Gasteiger partial charge in [-0.3, -0.25) is 4.79 Å². The zero-order chi connectivity index (χ0) is 19.2. The molecule has 2 aromatic rings. The molecule has 0 spiro atoms. The molecule has 0 saturated heterocycles. The Kier molecular flexibility index (Phi) is 8.75. The Morgan fingerprint density at radius 1 is 1.11 bits per heavy atom. The van der Waals surface area contributed by atoms with Crippen LogP contribution in [0.5, 0.6) is 5.75 Å². The van der Waals surface area contributed by atoms with Crippen LogP contribution in [-0.4, -0.2) is 45.7 Å². The molecule has 2 aromatic carbocycles. The number of hydrogen-bond acceptors (Lipinski definition) is 5. The fourth-order valence-electron chi connectivity index (χ4n) is 2.43. The molecule has 0 heterocycles. The van der Waals surface area contributed by atoms with Gasteiger partial charge in [-0.1, -0.05) is 30.3 Å². The van der Waals surface area contributed by atoms with Crippen LogP contribution in [0, 0.1) is 0 Å². The molecular weight excluding hydrogens is 388 g/mol. The third kappa shape index (κ3) is 6.86. The summed E-state index contributed by atoms with van der Waals surface area (Å²) in [6.45, 7) is 0.928. The van der Waals surface area contributed by atoms with E-state index in [-0.39, 0.29) is 23.2 Å². The minimum Gasteiger partial charge on any atom is -0.494 e. The summed E-state index contributed by atoms with van der Waals surface area (Å²) < 4.78 is 28.4. The predicted molar refractivity (Wildman–Crippen MR) is 108 cm³/mol. The zero-order valence-corrected chi connectivity index (χ0v) is 17.0. The van der Waals surface area contributed by atoms with E-state index < -0.39 is 15.9 Å². The van der Waals surface area contributed by atoms with E-state index in [4.69, 9.17) is 10.5 Å². The van der Waals surface area contributed by atoms with Gasteiger partial charge >= 0.3 is 0 Å². The number of carbonyl (C=O) groups is 1. The second-order valence-corrected chi connectivity index (χ2v) is 8.11. The van der Waals surface area contributed by atoms with Crippen molar-refractivity contribution in [3.8, 4) is 5.75 Å². The normalized spacial score (nSPS) is 12.0. The molecule has 0 fully saturated rings. The fourth-order valence-corrected chi connectivity index (χ4v) is 3.06. The van der Waals surface area contributed by atoms with Crippen molar-refractivity contribution < 1.29 is 17.9 Å². The van der Waals surface area contributed by atoms with Crippen LogP contribution in [0.3, 0.4) is 0 Å². The molecule has 0 bridgehead atoms. The van der Waals surface area contributed by atoms with Crippen LogP contribution in [-0.2, 0) is 14.6 Å². The Morgan fingerprint density at radius 2 is 1.70 bits per heavy atom. The molecule has 0 aromatic heterocycles. The molecule has 2 rings (SSSR count). The summed E-state index contributed by atoms with van der Waals surface area (Å²) in [6, 6.07) is 14.8. The van der Waals surface area contributed by atoms with Crippen molar-refractivity contribution in [2.75, 3.05) is 26.5 Å². The molecule has 1 amide bonds. The molecule has 8 heteroatoms. The van der Waals surface area contributed by atoms with Crippen molar-refractivity contribution in [3.63, 3.8) is 0 Å². The number of nitrogens with two attached hydrogens (primary N) is 1. The summed E-state index contributed by atoms with van der Waals surface area (Å²) in [4.78, 5) is 14.2. The second-order valence-electron chi connectivity index (χ2n) is 6.09. The number of likely N-dealkylation sites (N-methyl/N-ethyl adjacent to an activating group) is 1. The van der Waals surface area contributed by atoms with E-state index in [0.717, 1.165) is 11.8 Å². The van der Waals surface area contributed by atoms with Crippen LogP contribution in [0.1, 0.15) is 18.0 Å². The predicted octanol–water partition coefficient (Wildman–Crippen LogP) is 2.44. The minimum absolute atomic E-state index is 0. The number of ether oxygens (including phenoxy) is 1. The average Bonchev–Trinajstić information content (AvgIpc) is 2.64. The summed E-state index contributed by atoms with van der Waals surface area (Å²) in [5, 5.41) is 0. The molecule has 1 unspecified atom stereocenters. The maximum atomic E-state index is 12.3. The lowest BCUT2D eigenvalue weighted by molar-refractivity contribution is -0.131. The molecule has 27 heavy (non-hydrogen) atoms. The highest BCUT2D eigenvalue weighted by molar-refractivity contribution is 7.90. The number of rotatable bonds is 8. The van der Waals surface area contributed by atoms with Crippen molar-refractivity contribution in [2.45, 2.75) is 17.4 Å². The Labute approximate surface area is 166 Å². The smallest absolute Gasteiger partial charge is 0.243 e. The van der Waals surface area contributed by atoms with Crippen molar-refractivity contribution in [3.05, 3.63) is 60.2 Å². The highest BCUT2D eigenvalue weighted by Gasteiger charge is 2.19. The second kappa shape index (κ2) is 10.3. The standard InChI is InChI=1S/C19H24N2O4S.ClH/c1-21(19(22)18(20)15-7-4-3-5-8-15)13-6-14-25-16-9-11-17(12-10-16)26(2,23)24;/h3-5,7-12,18H,6,13-14,20H2,1-2H3;1H. The van der Waals surface area contributed by atoms with Gasteiger partial charge < -0.3 is 15.4 Å². The maximum Gasteiger partial charge on any atom is 0.243 e. The van der Waals surface area contributed by atoms with Crippen LogP contribution in [0.15, 0.2) is 59.5 Å².